The number of rotatable bonds is 4. The van der Waals surface area contributed by atoms with Gasteiger partial charge in [0.2, 0.25) is 0 Å². The molecule has 2 rings (SSSR count). The van der Waals surface area contributed by atoms with Gasteiger partial charge >= 0.3 is 84.6 Å². The van der Waals surface area contributed by atoms with E-state index in [1.165, 1.54) is 12.8 Å². The summed E-state index contributed by atoms with van der Waals surface area (Å²) in [5, 5.41) is 0. The molecule has 2 aliphatic carbocycles. The first-order chi connectivity index (χ1) is 6.42. The number of hydrogen-bond donors (Lipinski definition) is 3. The quantitative estimate of drug-likeness (QED) is 0.634. The molecule has 0 radical (unpaired) electrons. The third-order valence-electron chi connectivity index (χ3n) is 3.71. The van der Waals surface area contributed by atoms with Crippen LogP contribution in [-0.2, 0) is 0 Å². The second kappa shape index (κ2) is 3.41. The molecule has 0 aliphatic heterocycles. The minimum absolute atomic E-state index is 0.266. The van der Waals surface area contributed by atoms with Crippen molar-refractivity contribution in [3.05, 3.63) is 0 Å². The van der Waals surface area contributed by atoms with Crippen LogP contribution in [0, 0.1) is 11.8 Å². The average Bonchev–Trinajstić information content (AvgIpc) is 1.90. The van der Waals surface area contributed by atoms with Crippen LogP contribution in [0.1, 0.15) is 38.5 Å². The Kier molecular flexibility index (Phi) is 2.64. The average molecular weight is 220 g/mol. The first kappa shape index (κ1) is 10.8. The Morgan fingerprint density at radius 2 is 1.14 bits per heavy atom. The van der Waals surface area contributed by atoms with Gasteiger partial charge in [-0.05, 0) is 0 Å². The summed E-state index contributed by atoms with van der Waals surface area (Å²) in [6, 6.07) is 0. The van der Waals surface area contributed by atoms with E-state index in [4.69, 9.17) is 0 Å². The summed E-state index contributed by atoms with van der Waals surface area (Å²) in [4.78, 5) is 29.7. The Morgan fingerprint density at radius 1 is 0.786 bits per heavy atom. The molecule has 0 atom stereocenters. The van der Waals surface area contributed by atoms with E-state index in [-0.39, 0.29) is 12.3 Å². The molecule has 0 heterocycles. The standard InChI is InChI=1S/C10H21O3P/c11-14(12,13,7-9-3-1-4-9)8-10-5-2-6-10/h9-13H,1-8H2. The Bertz CT molecular complexity index is 193. The van der Waals surface area contributed by atoms with Crippen LogP contribution in [0.15, 0.2) is 0 Å². The van der Waals surface area contributed by atoms with Gasteiger partial charge in [0.15, 0.2) is 0 Å². The van der Waals surface area contributed by atoms with Crippen LogP contribution < -0.4 is 0 Å². The fourth-order valence-corrected chi connectivity index (χ4v) is 5.48. The second-order valence-corrected chi connectivity index (χ2v) is 8.71. The zero-order valence-electron chi connectivity index (χ0n) is 8.60. The van der Waals surface area contributed by atoms with Crippen LogP contribution in [-0.4, -0.2) is 27.0 Å². The summed E-state index contributed by atoms with van der Waals surface area (Å²) in [7, 11) is -4.24. The van der Waals surface area contributed by atoms with Gasteiger partial charge in [-0.2, -0.15) is 0 Å². The van der Waals surface area contributed by atoms with Crippen LogP contribution in [0.5, 0.6) is 0 Å². The van der Waals surface area contributed by atoms with E-state index in [1.54, 1.807) is 0 Å². The van der Waals surface area contributed by atoms with E-state index < -0.39 is 7.28 Å². The van der Waals surface area contributed by atoms with Crippen LogP contribution >= 0.6 is 7.28 Å². The Morgan fingerprint density at radius 3 is 1.36 bits per heavy atom. The van der Waals surface area contributed by atoms with Gasteiger partial charge in [0.1, 0.15) is 0 Å². The van der Waals surface area contributed by atoms with E-state index in [1.807, 2.05) is 0 Å². The van der Waals surface area contributed by atoms with E-state index in [0.29, 0.717) is 11.8 Å². The molecule has 84 valence electrons. The topological polar surface area (TPSA) is 60.7 Å². The molecule has 0 unspecified atom stereocenters. The van der Waals surface area contributed by atoms with Crippen molar-refractivity contribution in [1.82, 2.24) is 0 Å². The van der Waals surface area contributed by atoms with E-state index in [2.05, 4.69) is 0 Å². The molecule has 0 aromatic rings. The van der Waals surface area contributed by atoms with E-state index in [0.717, 1.165) is 25.7 Å². The zero-order chi connectivity index (χ0) is 10.3. The van der Waals surface area contributed by atoms with Crippen LogP contribution in [0.3, 0.4) is 0 Å². The van der Waals surface area contributed by atoms with Gasteiger partial charge in [0.25, 0.3) is 0 Å². The maximum atomic E-state index is 9.89. The predicted molar refractivity (Wildman–Crippen MR) is 58.0 cm³/mol. The van der Waals surface area contributed by atoms with Gasteiger partial charge in [-0.15, -0.1) is 0 Å². The molecule has 4 heteroatoms. The molecule has 0 spiro atoms. The molecule has 3 N–H and O–H groups in total. The molecule has 3 nitrogen and oxygen atoms in total. The van der Waals surface area contributed by atoms with Crippen molar-refractivity contribution in [2.75, 3.05) is 12.3 Å². The van der Waals surface area contributed by atoms with Gasteiger partial charge in [-0.25, -0.2) is 0 Å². The number of hydrogen-bond acceptors (Lipinski definition) is 3. The van der Waals surface area contributed by atoms with Crippen molar-refractivity contribution < 1.29 is 14.7 Å². The molecule has 0 aromatic carbocycles. The second-order valence-electron chi connectivity index (χ2n) is 5.30. The third kappa shape index (κ3) is 2.66. The summed E-state index contributed by atoms with van der Waals surface area (Å²) >= 11 is 0. The van der Waals surface area contributed by atoms with Gasteiger partial charge < -0.3 is 0 Å². The molecule has 2 aliphatic rings. The normalized spacial score (nSPS) is 27.5. The van der Waals surface area contributed by atoms with Crippen molar-refractivity contribution in [1.29, 1.82) is 0 Å². The van der Waals surface area contributed by atoms with Gasteiger partial charge in [-0.1, -0.05) is 0 Å². The summed E-state index contributed by atoms with van der Waals surface area (Å²) in [5.41, 5.74) is 0. The SMILES string of the molecule is OP(O)(O)(CC1CCC1)CC1CCC1. The monoisotopic (exact) mass is 220 g/mol. The van der Waals surface area contributed by atoms with Gasteiger partial charge in [0, 0.05) is 0 Å². The first-order valence-corrected chi connectivity index (χ1v) is 8.15. The molecule has 14 heavy (non-hydrogen) atoms. The molecule has 0 bridgehead atoms. The third-order valence-corrected chi connectivity index (χ3v) is 6.24. The van der Waals surface area contributed by atoms with Crippen molar-refractivity contribution >= 4 is 7.28 Å². The van der Waals surface area contributed by atoms with E-state index in [9.17, 15) is 14.7 Å². The van der Waals surface area contributed by atoms with Crippen molar-refractivity contribution in [2.24, 2.45) is 11.8 Å². The Balaban J connectivity index is 1.87. The molecule has 0 amide bonds. The molecular formula is C10H21O3P. The molecular weight excluding hydrogens is 199 g/mol. The van der Waals surface area contributed by atoms with Crippen LogP contribution in [0.2, 0.25) is 0 Å². The van der Waals surface area contributed by atoms with Gasteiger partial charge in [-0.3, -0.25) is 0 Å². The maximum absolute atomic E-state index is 9.89. The predicted octanol–water partition coefficient (Wildman–Crippen LogP) is 1.86. The van der Waals surface area contributed by atoms with Crippen molar-refractivity contribution in [2.45, 2.75) is 38.5 Å². The zero-order valence-corrected chi connectivity index (χ0v) is 9.49. The summed E-state index contributed by atoms with van der Waals surface area (Å²) in [6.07, 6.45) is 7.13. The van der Waals surface area contributed by atoms with Crippen molar-refractivity contribution in [3.63, 3.8) is 0 Å². The Hall–Kier alpha value is 0.310. The molecule has 0 saturated heterocycles. The minimum atomic E-state index is -4.24. The van der Waals surface area contributed by atoms with Crippen LogP contribution in [0.4, 0.5) is 0 Å². The van der Waals surface area contributed by atoms with Crippen molar-refractivity contribution in [3.8, 4) is 0 Å². The fourth-order valence-electron chi connectivity index (χ4n) is 2.48. The summed E-state index contributed by atoms with van der Waals surface area (Å²) in [5.74, 6) is 0.737. The summed E-state index contributed by atoms with van der Waals surface area (Å²) in [6.45, 7) is 0. The van der Waals surface area contributed by atoms with Gasteiger partial charge in [0.05, 0.1) is 0 Å². The molecule has 0 aromatic heterocycles. The molecule has 2 fully saturated rings. The summed E-state index contributed by atoms with van der Waals surface area (Å²) < 4.78 is 0. The van der Waals surface area contributed by atoms with Crippen LogP contribution in [0.25, 0.3) is 0 Å². The van der Waals surface area contributed by atoms with E-state index >= 15 is 0 Å². The fraction of sp³-hybridized carbons (Fsp3) is 1.00. The first-order valence-electron chi connectivity index (χ1n) is 5.68. The Labute approximate surface area is 85.3 Å². The molecule has 2 saturated carbocycles.